The molecule has 7 heteroatoms. The highest BCUT2D eigenvalue weighted by Crippen LogP contribution is 2.36. The van der Waals surface area contributed by atoms with Crippen LogP contribution in [0.5, 0.6) is 0 Å². The molecule has 1 atom stereocenters. The summed E-state index contributed by atoms with van der Waals surface area (Å²) in [4.78, 5) is 51.9. The number of imide groups is 1. The van der Waals surface area contributed by atoms with Crippen LogP contribution in [0.2, 0.25) is 0 Å². The predicted octanol–water partition coefficient (Wildman–Crippen LogP) is 3.38. The highest BCUT2D eigenvalue weighted by atomic mass is 16.2. The van der Waals surface area contributed by atoms with Crippen LogP contribution < -0.4 is 16.2 Å². The SMILES string of the molecule is CCC1(c2ccc(NC(=O)c3ccc(-c4ccccc4)[nH]c3=O)cc2)CCC(=O)NC1=O. The standard InChI is InChI=1S/C25H23N3O4/c1-2-25(15-14-21(29)28-24(25)32)17-8-10-18(11-9-17)26-22(30)19-12-13-20(27-23(19)31)16-6-4-3-5-7-16/h3-13H,2,14-15H2,1H3,(H,26,30)(H,27,31)(H,28,29,32). The Bertz CT molecular complexity index is 1230. The summed E-state index contributed by atoms with van der Waals surface area (Å²) in [6, 6.07) is 19.5. The summed E-state index contributed by atoms with van der Waals surface area (Å²) >= 11 is 0. The van der Waals surface area contributed by atoms with Gasteiger partial charge in [0.05, 0.1) is 5.41 Å². The van der Waals surface area contributed by atoms with Crippen LogP contribution in [0.25, 0.3) is 11.3 Å². The number of rotatable bonds is 5. The van der Waals surface area contributed by atoms with Crippen molar-refractivity contribution in [3.63, 3.8) is 0 Å². The molecule has 0 saturated carbocycles. The van der Waals surface area contributed by atoms with E-state index in [4.69, 9.17) is 0 Å². The maximum Gasteiger partial charge on any atom is 0.261 e. The smallest absolute Gasteiger partial charge is 0.261 e. The van der Waals surface area contributed by atoms with E-state index in [-0.39, 0.29) is 17.4 Å². The van der Waals surface area contributed by atoms with Gasteiger partial charge in [0.15, 0.2) is 0 Å². The lowest BCUT2D eigenvalue weighted by molar-refractivity contribution is -0.138. The van der Waals surface area contributed by atoms with Crippen LogP contribution in [0.15, 0.2) is 71.5 Å². The van der Waals surface area contributed by atoms with Crippen LogP contribution in [-0.2, 0) is 15.0 Å². The van der Waals surface area contributed by atoms with Gasteiger partial charge in [0, 0.05) is 17.8 Å². The van der Waals surface area contributed by atoms with E-state index >= 15 is 0 Å². The molecule has 4 rings (SSSR count). The number of nitrogens with one attached hydrogen (secondary N) is 3. The van der Waals surface area contributed by atoms with Gasteiger partial charge in [0.2, 0.25) is 11.8 Å². The lowest BCUT2D eigenvalue weighted by Gasteiger charge is -2.35. The number of piperidine rings is 1. The molecule has 1 aromatic heterocycles. The number of hydrogen-bond acceptors (Lipinski definition) is 4. The number of pyridine rings is 1. The molecule has 7 nitrogen and oxygen atoms in total. The van der Waals surface area contributed by atoms with Gasteiger partial charge in [-0.05, 0) is 48.2 Å². The van der Waals surface area contributed by atoms with Gasteiger partial charge in [-0.25, -0.2) is 0 Å². The summed E-state index contributed by atoms with van der Waals surface area (Å²) in [5.41, 5.74) is 1.53. The zero-order valence-electron chi connectivity index (χ0n) is 17.6. The number of H-pyrrole nitrogens is 1. The zero-order chi connectivity index (χ0) is 22.7. The number of carbonyl (C=O) groups excluding carboxylic acids is 3. The van der Waals surface area contributed by atoms with E-state index in [0.29, 0.717) is 30.6 Å². The number of anilines is 1. The van der Waals surface area contributed by atoms with Crippen molar-refractivity contribution in [3.8, 4) is 11.3 Å². The Morgan fingerprint density at radius 1 is 0.969 bits per heavy atom. The van der Waals surface area contributed by atoms with E-state index in [9.17, 15) is 19.2 Å². The molecular formula is C25H23N3O4. The second-order valence-corrected chi connectivity index (χ2v) is 7.83. The van der Waals surface area contributed by atoms with Crippen LogP contribution in [0.4, 0.5) is 5.69 Å². The summed E-state index contributed by atoms with van der Waals surface area (Å²) in [7, 11) is 0. The average molecular weight is 429 g/mol. The lowest BCUT2D eigenvalue weighted by Crippen LogP contribution is -2.51. The van der Waals surface area contributed by atoms with E-state index in [0.717, 1.165) is 11.1 Å². The van der Waals surface area contributed by atoms with Crippen LogP contribution in [0, 0.1) is 0 Å². The van der Waals surface area contributed by atoms with E-state index in [2.05, 4.69) is 15.6 Å². The molecule has 1 aliphatic rings. The van der Waals surface area contributed by atoms with Gasteiger partial charge in [-0.15, -0.1) is 0 Å². The summed E-state index contributed by atoms with van der Waals surface area (Å²) in [6.07, 6.45) is 1.30. The van der Waals surface area contributed by atoms with Crippen LogP contribution >= 0.6 is 0 Å². The number of aromatic amines is 1. The van der Waals surface area contributed by atoms with E-state index in [1.807, 2.05) is 37.3 Å². The molecule has 1 unspecified atom stereocenters. The highest BCUT2D eigenvalue weighted by Gasteiger charge is 2.42. The van der Waals surface area contributed by atoms with Crippen LogP contribution in [0.3, 0.4) is 0 Å². The van der Waals surface area contributed by atoms with Gasteiger partial charge in [0.1, 0.15) is 5.56 Å². The summed E-state index contributed by atoms with van der Waals surface area (Å²) in [5, 5.41) is 5.15. The van der Waals surface area contributed by atoms with Gasteiger partial charge in [-0.1, -0.05) is 49.4 Å². The number of aromatic nitrogens is 1. The van der Waals surface area contributed by atoms with E-state index < -0.39 is 16.9 Å². The molecule has 3 N–H and O–H groups in total. The molecule has 3 aromatic rings. The minimum Gasteiger partial charge on any atom is -0.322 e. The minimum absolute atomic E-state index is 0.00366. The molecule has 2 aromatic carbocycles. The van der Waals surface area contributed by atoms with Crippen molar-refractivity contribution in [2.24, 2.45) is 0 Å². The second kappa shape index (κ2) is 8.63. The monoisotopic (exact) mass is 429 g/mol. The second-order valence-electron chi connectivity index (χ2n) is 7.83. The molecule has 3 amide bonds. The molecule has 1 aliphatic heterocycles. The van der Waals surface area contributed by atoms with Crippen molar-refractivity contribution >= 4 is 23.4 Å². The maximum atomic E-state index is 12.6. The third kappa shape index (κ3) is 3.97. The Labute approximate surface area is 184 Å². The molecule has 0 aliphatic carbocycles. The summed E-state index contributed by atoms with van der Waals surface area (Å²) in [6.45, 7) is 1.91. The van der Waals surface area contributed by atoms with Crippen molar-refractivity contribution in [1.29, 1.82) is 0 Å². The van der Waals surface area contributed by atoms with Gasteiger partial charge < -0.3 is 10.3 Å². The Morgan fingerprint density at radius 2 is 1.69 bits per heavy atom. The van der Waals surface area contributed by atoms with Crippen molar-refractivity contribution in [1.82, 2.24) is 10.3 Å². The molecule has 162 valence electrons. The Kier molecular flexibility index (Phi) is 5.73. The van der Waals surface area contributed by atoms with Crippen LogP contribution in [0.1, 0.15) is 42.1 Å². The van der Waals surface area contributed by atoms with Gasteiger partial charge in [0.25, 0.3) is 11.5 Å². The molecular weight excluding hydrogens is 406 g/mol. The summed E-state index contributed by atoms with van der Waals surface area (Å²) in [5.74, 6) is -1.07. The molecule has 32 heavy (non-hydrogen) atoms. The highest BCUT2D eigenvalue weighted by molar-refractivity contribution is 6.05. The first-order chi connectivity index (χ1) is 15.4. The fraction of sp³-hybridized carbons (Fsp3) is 0.200. The fourth-order valence-electron chi connectivity index (χ4n) is 4.08. The average Bonchev–Trinajstić information content (AvgIpc) is 2.80. The first-order valence-corrected chi connectivity index (χ1v) is 10.5. The Morgan fingerprint density at radius 3 is 2.31 bits per heavy atom. The fourth-order valence-corrected chi connectivity index (χ4v) is 4.08. The molecule has 0 spiro atoms. The van der Waals surface area contributed by atoms with E-state index in [1.54, 1.807) is 30.3 Å². The molecule has 0 bridgehead atoms. The van der Waals surface area contributed by atoms with Gasteiger partial charge in [-0.3, -0.25) is 24.5 Å². The van der Waals surface area contributed by atoms with Crippen LogP contribution in [-0.4, -0.2) is 22.7 Å². The lowest BCUT2D eigenvalue weighted by atomic mass is 9.72. The minimum atomic E-state index is -0.763. The van der Waals surface area contributed by atoms with Crippen molar-refractivity contribution in [2.45, 2.75) is 31.6 Å². The number of benzene rings is 2. The number of hydrogen-bond donors (Lipinski definition) is 3. The molecule has 1 saturated heterocycles. The Balaban J connectivity index is 1.51. The van der Waals surface area contributed by atoms with Gasteiger partial charge in [-0.2, -0.15) is 0 Å². The van der Waals surface area contributed by atoms with Crippen molar-refractivity contribution in [2.75, 3.05) is 5.32 Å². The topological polar surface area (TPSA) is 108 Å². The molecule has 0 radical (unpaired) electrons. The Hall–Kier alpha value is -4.00. The molecule has 2 heterocycles. The number of carbonyl (C=O) groups is 3. The first-order valence-electron chi connectivity index (χ1n) is 10.5. The van der Waals surface area contributed by atoms with Crippen molar-refractivity contribution < 1.29 is 14.4 Å². The summed E-state index contributed by atoms with van der Waals surface area (Å²) < 4.78 is 0. The quantitative estimate of drug-likeness (QED) is 0.540. The van der Waals surface area contributed by atoms with Gasteiger partial charge >= 0.3 is 0 Å². The number of amides is 3. The first kappa shape index (κ1) is 21.2. The third-order valence-corrected chi connectivity index (χ3v) is 6.00. The molecule has 1 fully saturated rings. The third-order valence-electron chi connectivity index (χ3n) is 6.00. The zero-order valence-corrected chi connectivity index (χ0v) is 17.6. The maximum absolute atomic E-state index is 12.6. The van der Waals surface area contributed by atoms with Crippen molar-refractivity contribution in [3.05, 3.63) is 88.2 Å². The normalized spacial score (nSPS) is 18.2. The predicted molar refractivity (Wildman–Crippen MR) is 121 cm³/mol. The van der Waals surface area contributed by atoms with E-state index in [1.165, 1.54) is 6.07 Å². The largest absolute Gasteiger partial charge is 0.322 e.